The molecule has 1 aliphatic heterocycles. The van der Waals surface area contributed by atoms with Gasteiger partial charge in [-0.25, -0.2) is 5.10 Å². The molecule has 0 atom stereocenters. The maximum Gasteiger partial charge on any atom is 0.293 e. The summed E-state index contributed by atoms with van der Waals surface area (Å²) < 4.78 is 5.31. The molecule has 0 bridgehead atoms. The SMILES string of the molecule is COc1cc(/C=C2\SC(=O)N(CCCC(=O)Nc3ccc(-c4nnn[nH]4)cc3)C2=O)ccc1C. The predicted octanol–water partition coefficient (Wildman–Crippen LogP) is 3.64. The number of nitrogens with zero attached hydrogens (tertiary/aromatic N) is 4. The lowest BCUT2D eigenvalue weighted by Gasteiger charge is -2.12. The van der Waals surface area contributed by atoms with E-state index >= 15 is 0 Å². The Labute approximate surface area is 199 Å². The lowest BCUT2D eigenvalue weighted by Crippen LogP contribution is -2.29. The number of thioether (sulfide) groups is 1. The van der Waals surface area contributed by atoms with Crippen LogP contribution in [0.25, 0.3) is 17.5 Å². The molecule has 11 heteroatoms. The van der Waals surface area contributed by atoms with Gasteiger partial charge in [-0.1, -0.05) is 12.1 Å². The summed E-state index contributed by atoms with van der Waals surface area (Å²) in [7, 11) is 1.58. The second-order valence-corrected chi connectivity index (χ2v) is 8.53. The highest BCUT2D eigenvalue weighted by atomic mass is 32.2. The number of hydrogen-bond acceptors (Lipinski definition) is 8. The smallest absolute Gasteiger partial charge is 0.293 e. The quantitative estimate of drug-likeness (QED) is 0.469. The number of aromatic amines is 1. The molecule has 10 nitrogen and oxygen atoms in total. The van der Waals surface area contributed by atoms with E-state index in [2.05, 4.69) is 25.9 Å². The number of H-pyrrole nitrogens is 1. The molecule has 0 unspecified atom stereocenters. The summed E-state index contributed by atoms with van der Waals surface area (Å²) >= 11 is 0.896. The molecule has 1 aromatic heterocycles. The van der Waals surface area contributed by atoms with E-state index < -0.39 is 0 Å². The van der Waals surface area contributed by atoms with Gasteiger partial charge in [0, 0.05) is 24.2 Å². The highest BCUT2D eigenvalue weighted by Gasteiger charge is 2.34. The van der Waals surface area contributed by atoms with Crippen LogP contribution in [0, 0.1) is 6.92 Å². The molecule has 0 spiro atoms. The first-order valence-electron chi connectivity index (χ1n) is 10.5. The first kappa shape index (κ1) is 23.2. The average molecular weight is 479 g/mol. The van der Waals surface area contributed by atoms with Crippen molar-refractivity contribution in [1.29, 1.82) is 0 Å². The van der Waals surface area contributed by atoms with Gasteiger partial charge in [-0.15, -0.1) is 5.10 Å². The molecule has 3 aromatic rings. The van der Waals surface area contributed by atoms with Crippen molar-refractivity contribution in [3.8, 4) is 17.1 Å². The highest BCUT2D eigenvalue weighted by Crippen LogP contribution is 2.33. The fourth-order valence-electron chi connectivity index (χ4n) is 3.38. The number of anilines is 1. The van der Waals surface area contributed by atoms with Crippen molar-refractivity contribution < 1.29 is 19.1 Å². The molecule has 2 aromatic carbocycles. The fraction of sp³-hybridized carbons (Fsp3) is 0.217. The van der Waals surface area contributed by atoms with Crippen LogP contribution < -0.4 is 10.1 Å². The third-order valence-corrected chi connectivity index (χ3v) is 6.08. The van der Waals surface area contributed by atoms with Gasteiger partial charge in [-0.05, 0) is 83.1 Å². The molecule has 0 radical (unpaired) electrons. The Kier molecular flexibility index (Phi) is 7.02. The van der Waals surface area contributed by atoms with Crippen molar-refractivity contribution in [3.63, 3.8) is 0 Å². The topological polar surface area (TPSA) is 130 Å². The monoisotopic (exact) mass is 478 g/mol. The van der Waals surface area contributed by atoms with Crippen LogP contribution in [0.4, 0.5) is 10.5 Å². The lowest BCUT2D eigenvalue weighted by atomic mass is 10.1. The zero-order valence-electron chi connectivity index (χ0n) is 18.6. The van der Waals surface area contributed by atoms with E-state index in [0.717, 1.165) is 28.5 Å². The molecule has 2 heterocycles. The van der Waals surface area contributed by atoms with E-state index in [1.165, 1.54) is 4.90 Å². The minimum atomic E-state index is -0.354. The van der Waals surface area contributed by atoms with Crippen molar-refractivity contribution in [1.82, 2.24) is 25.5 Å². The van der Waals surface area contributed by atoms with Crippen LogP contribution in [0.3, 0.4) is 0 Å². The summed E-state index contributed by atoms with van der Waals surface area (Å²) in [6.45, 7) is 2.10. The Morgan fingerprint density at radius 1 is 1.21 bits per heavy atom. The second-order valence-electron chi connectivity index (χ2n) is 7.54. The van der Waals surface area contributed by atoms with Crippen molar-refractivity contribution >= 4 is 40.6 Å². The number of carbonyl (C=O) groups is 3. The largest absolute Gasteiger partial charge is 0.496 e. The Balaban J connectivity index is 1.29. The van der Waals surface area contributed by atoms with Crippen LogP contribution in [0.2, 0.25) is 0 Å². The molecule has 0 aliphatic carbocycles. The van der Waals surface area contributed by atoms with Gasteiger partial charge in [0.2, 0.25) is 5.91 Å². The Morgan fingerprint density at radius 2 is 2.00 bits per heavy atom. The Hall–Kier alpha value is -3.99. The summed E-state index contributed by atoms with van der Waals surface area (Å²) in [4.78, 5) is 38.9. The first-order valence-corrected chi connectivity index (χ1v) is 11.3. The van der Waals surface area contributed by atoms with Gasteiger partial charge in [-0.2, -0.15) is 0 Å². The summed E-state index contributed by atoms with van der Waals surface area (Å²) in [5.41, 5.74) is 3.18. The van der Waals surface area contributed by atoms with Crippen LogP contribution in [-0.4, -0.2) is 56.2 Å². The number of aryl methyl sites for hydroxylation is 1. The fourth-order valence-corrected chi connectivity index (χ4v) is 4.25. The molecular weight excluding hydrogens is 456 g/mol. The lowest BCUT2D eigenvalue weighted by molar-refractivity contribution is -0.123. The number of tetrazole rings is 1. The van der Waals surface area contributed by atoms with Crippen LogP contribution >= 0.6 is 11.8 Å². The van der Waals surface area contributed by atoms with Gasteiger partial charge in [0.05, 0.1) is 12.0 Å². The standard InChI is InChI=1S/C23H22N6O4S/c1-14-5-6-15(12-18(14)33-2)13-19-22(31)29(23(32)34-19)11-3-4-20(30)24-17-9-7-16(8-10-17)21-25-27-28-26-21/h5-10,12-13H,3-4,11H2,1-2H3,(H,24,30)(H,25,26,27,28)/b19-13-. The van der Waals surface area contributed by atoms with Gasteiger partial charge < -0.3 is 10.1 Å². The third-order valence-electron chi connectivity index (χ3n) is 5.18. The highest BCUT2D eigenvalue weighted by molar-refractivity contribution is 8.18. The van der Waals surface area contributed by atoms with Gasteiger partial charge in [0.15, 0.2) is 5.82 Å². The van der Waals surface area contributed by atoms with Gasteiger partial charge in [-0.3, -0.25) is 19.3 Å². The van der Waals surface area contributed by atoms with Gasteiger partial charge in [0.25, 0.3) is 11.1 Å². The summed E-state index contributed by atoms with van der Waals surface area (Å²) in [6, 6.07) is 12.6. The van der Waals surface area contributed by atoms with Crippen LogP contribution in [0.5, 0.6) is 5.75 Å². The molecule has 0 saturated carbocycles. The van der Waals surface area contributed by atoms with E-state index in [4.69, 9.17) is 4.74 Å². The van der Waals surface area contributed by atoms with Gasteiger partial charge >= 0.3 is 0 Å². The predicted molar refractivity (Wildman–Crippen MR) is 128 cm³/mol. The Bertz CT molecular complexity index is 1240. The number of rotatable bonds is 8. The molecule has 1 fully saturated rings. The number of aromatic nitrogens is 4. The van der Waals surface area contributed by atoms with Crippen molar-refractivity contribution in [2.24, 2.45) is 0 Å². The molecular formula is C23H22N6O4S. The average Bonchev–Trinajstić information content (AvgIpc) is 3.45. The van der Waals surface area contributed by atoms with Crippen LogP contribution in [-0.2, 0) is 9.59 Å². The number of benzene rings is 2. The maximum atomic E-state index is 12.7. The first-order chi connectivity index (χ1) is 16.4. The number of nitrogens with one attached hydrogen (secondary N) is 2. The van der Waals surface area contributed by atoms with E-state index in [1.54, 1.807) is 37.5 Å². The summed E-state index contributed by atoms with van der Waals surface area (Å²) in [5, 5.41) is 16.0. The normalized spacial score (nSPS) is 14.6. The number of imide groups is 1. The molecule has 1 aliphatic rings. The molecule has 4 rings (SSSR count). The second kappa shape index (κ2) is 10.3. The van der Waals surface area contributed by atoms with E-state index in [1.807, 2.05) is 25.1 Å². The molecule has 174 valence electrons. The Morgan fingerprint density at radius 3 is 2.71 bits per heavy atom. The number of carbonyl (C=O) groups excluding carboxylic acids is 3. The summed E-state index contributed by atoms with van der Waals surface area (Å²) in [5.74, 6) is 0.685. The maximum absolute atomic E-state index is 12.7. The number of hydrogen-bond donors (Lipinski definition) is 2. The zero-order chi connectivity index (χ0) is 24.1. The van der Waals surface area contributed by atoms with Crippen molar-refractivity contribution in [2.45, 2.75) is 19.8 Å². The minimum Gasteiger partial charge on any atom is -0.496 e. The van der Waals surface area contributed by atoms with Crippen molar-refractivity contribution in [2.75, 3.05) is 19.0 Å². The third kappa shape index (κ3) is 5.31. The van der Waals surface area contributed by atoms with Crippen LogP contribution in [0.15, 0.2) is 47.4 Å². The van der Waals surface area contributed by atoms with Crippen molar-refractivity contribution in [3.05, 3.63) is 58.5 Å². The van der Waals surface area contributed by atoms with Crippen LogP contribution in [0.1, 0.15) is 24.0 Å². The molecule has 1 saturated heterocycles. The number of amides is 3. The van der Waals surface area contributed by atoms with E-state index in [0.29, 0.717) is 28.6 Å². The van der Waals surface area contributed by atoms with E-state index in [9.17, 15) is 14.4 Å². The van der Waals surface area contributed by atoms with E-state index in [-0.39, 0.29) is 30.0 Å². The number of methoxy groups -OCH3 is 1. The minimum absolute atomic E-state index is 0.170. The summed E-state index contributed by atoms with van der Waals surface area (Å²) in [6.07, 6.45) is 2.21. The van der Waals surface area contributed by atoms with Gasteiger partial charge in [0.1, 0.15) is 5.75 Å². The molecule has 2 N–H and O–H groups in total. The molecule has 3 amide bonds. The zero-order valence-corrected chi connectivity index (χ0v) is 19.4. The molecule has 34 heavy (non-hydrogen) atoms. The number of ether oxygens (including phenoxy) is 1.